The molecular weight excluding hydrogens is 370 g/mol. The Morgan fingerprint density at radius 3 is 2.48 bits per heavy atom. The van der Waals surface area contributed by atoms with Gasteiger partial charge in [0.25, 0.3) is 5.56 Å². The van der Waals surface area contributed by atoms with Gasteiger partial charge in [0.1, 0.15) is 11.5 Å². The number of aryl methyl sites for hydroxylation is 1. The Bertz CT molecular complexity index is 888. The van der Waals surface area contributed by atoms with Crippen LogP contribution in [0.2, 0.25) is 0 Å². The molecule has 0 radical (unpaired) electrons. The third-order valence-electron chi connectivity index (χ3n) is 5.73. The van der Waals surface area contributed by atoms with Crippen molar-refractivity contribution in [3.63, 3.8) is 0 Å². The highest BCUT2D eigenvalue weighted by atomic mass is 16.5. The molecule has 1 aromatic heterocycles. The number of β-amino-alcohol motifs (C(OH)–C–C–N with tert-alkyl or cyclic N) is 1. The molecule has 1 aliphatic rings. The molecule has 3 rings (SSSR count). The number of hydrogen-bond donors (Lipinski definition) is 2. The van der Waals surface area contributed by atoms with Crippen LogP contribution in [0.1, 0.15) is 29.8 Å². The van der Waals surface area contributed by atoms with E-state index in [1.54, 1.807) is 17.7 Å². The summed E-state index contributed by atoms with van der Waals surface area (Å²) in [5.41, 5.74) is 1.83. The number of aliphatic hydroxyl groups is 1. The number of methoxy groups -OCH3 is 1. The summed E-state index contributed by atoms with van der Waals surface area (Å²) in [7, 11) is 1.62. The molecule has 7 nitrogen and oxygen atoms in total. The fourth-order valence-corrected chi connectivity index (χ4v) is 4.23. The highest BCUT2D eigenvalue weighted by molar-refractivity contribution is 5.46. The normalized spacial score (nSPS) is 16.7. The zero-order valence-corrected chi connectivity index (χ0v) is 17.5. The van der Waals surface area contributed by atoms with E-state index in [2.05, 4.69) is 9.80 Å². The van der Waals surface area contributed by atoms with Crippen molar-refractivity contribution in [3.05, 3.63) is 57.5 Å². The number of ether oxygens (including phenoxy) is 1. The van der Waals surface area contributed by atoms with Crippen molar-refractivity contribution in [2.75, 3.05) is 46.4 Å². The van der Waals surface area contributed by atoms with E-state index < -0.39 is 6.04 Å². The lowest BCUT2D eigenvalue weighted by Gasteiger charge is -2.39. The second kappa shape index (κ2) is 9.43. The largest absolute Gasteiger partial charge is 0.507 e. The van der Waals surface area contributed by atoms with Gasteiger partial charge in [-0.25, -0.2) is 0 Å². The molecule has 0 amide bonds. The summed E-state index contributed by atoms with van der Waals surface area (Å²) in [6.45, 7) is 8.12. The maximum atomic E-state index is 13.4. The van der Waals surface area contributed by atoms with Crippen molar-refractivity contribution in [3.8, 4) is 11.5 Å². The van der Waals surface area contributed by atoms with Crippen LogP contribution in [-0.2, 0) is 6.54 Å². The number of para-hydroxylation sites is 1. The Hall–Kier alpha value is -2.35. The van der Waals surface area contributed by atoms with Crippen LogP contribution in [-0.4, -0.2) is 71.0 Å². The maximum absolute atomic E-state index is 13.4. The molecule has 1 atom stereocenters. The van der Waals surface area contributed by atoms with Gasteiger partial charge in [0.05, 0.1) is 25.3 Å². The van der Waals surface area contributed by atoms with Crippen molar-refractivity contribution < 1.29 is 14.9 Å². The van der Waals surface area contributed by atoms with Crippen LogP contribution < -0.4 is 10.3 Å². The molecule has 158 valence electrons. The quantitative estimate of drug-likeness (QED) is 0.734. The molecule has 1 aliphatic heterocycles. The molecule has 1 fully saturated rings. The van der Waals surface area contributed by atoms with Crippen LogP contribution in [0.4, 0.5) is 0 Å². The van der Waals surface area contributed by atoms with E-state index in [1.807, 2.05) is 38.1 Å². The summed E-state index contributed by atoms with van der Waals surface area (Å²) in [5, 5.41) is 20.1. The van der Waals surface area contributed by atoms with Gasteiger partial charge in [-0.05, 0) is 26.0 Å². The van der Waals surface area contributed by atoms with Gasteiger partial charge in [0, 0.05) is 50.5 Å². The van der Waals surface area contributed by atoms with E-state index in [0.717, 1.165) is 37.4 Å². The molecule has 1 aromatic carbocycles. The molecule has 0 saturated carbocycles. The number of aliphatic hydroxyl groups excluding tert-OH is 1. The number of hydrogen-bond acceptors (Lipinski definition) is 6. The summed E-state index contributed by atoms with van der Waals surface area (Å²) in [4.78, 5) is 17.8. The van der Waals surface area contributed by atoms with Gasteiger partial charge in [0.2, 0.25) is 0 Å². The fraction of sp³-hybridized carbons (Fsp3) is 0.500. The molecule has 2 aromatic rings. The molecule has 1 unspecified atom stereocenters. The number of pyridine rings is 1. The highest BCUT2D eigenvalue weighted by Crippen LogP contribution is 2.37. The van der Waals surface area contributed by atoms with Gasteiger partial charge in [0.15, 0.2) is 0 Å². The lowest BCUT2D eigenvalue weighted by atomic mass is 9.95. The zero-order chi connectivity index (χ0) is 21.0. The van der Waals surface area contributed by atoms with Gasteiger partial charge in [-0.3, -0.25) is 14.6 Å². The standard InChI is InChI=1S/C22H31N3O4/c1-4-25-16(2)15-18(27)20(22(25)28)21(17-7-5-6-8-19(17)29-3)24-11-9-23(10-12-24)13-14-26/h5-8,15,21,26-27H,4,9-14H2,1-3H3. The minimum atomic E-state index is -0.409. The minimum absolute atomic E-state index is 0.0193. The van der Waals surface area contributed by atoms with Crippen molar-refractivity contribution in [2.24, 2.45) is 0 Å². The second-order valence-corrected chi connectivity index (χ2v) is 7.38. The van der Waals surface area contributed by atoms with Crippen molar-refractivity contribution in [1.29, 1.82) is 0 Å². The third-order valence-corrected chi connectivity index (χ3v) is 5.73. The summed E-state index contributed by atoms with van der Waals surface area (Å²) in [5.74, 6) is 0.712. The molecule has 0 bridgehead atoms. The van der Waals surface area contributed by atoms with E-state index in [0.29, 0.717) is 24.4 Å². The monoisotopic (exact) mass is 401 g/mol. The van der Waals surface area contributed by atoms with Gasteiger partial charge in [-0.15, -0.1) is 0 Å². The SMILES string of the molecule is CCn1c(C)cc(O)c(C(c2ccccc2OC)N2CCN(CCO)CC2)c1=O. The Labute approximate surface area is 171 Å². The van der Waals surface area contributed by atoms with Crippen molar-refractivity contribution >= 4 is 0 Å². The Morgan fingerprint density at radius 2 is 1.86 bits per heavy atom. The van der Waals surface area contributed by atoms with Crippen LogP contribution in [0.3, 0.4) is 0 Å². The first kappa shape index (κ1) is 21.4. The first-order chi connectivity index (χ1) is 14.0. The minimum Gasteiger partial charge on any atom is -0.507 e. The molecule has 2 heterocycles. The molecule has 29 heavy (non-hydrogen) atoms. The summed E-state index contributed by atoms with van der Waals surface area (Å²) < 4.78 is 7.29. The second-order valence-electron chi connectivity index (χ2n) is 7.38. The first-order valence-corrected chi connectivity index (χ1v) is 10.1. The average Bonchev–Trinajstić information content (AvgIpc) is 2.72. The maximum Gasteiger partial charge on any atom is 0.259 e. The van der Waals surface area contributed by atoms with E-state index in [9.17, 15) is 15.0 Å². The topological polar surface area (TPSA) is 78.2 Å². The predicted octanol–water partition coefficient (Wildman–Crippen LogP) is 1.59. The molecule has 2 N–H and O–H groups in total. The predicted molar refractivity (Wildman–Crippen MR) is 113 cm³/mol. The van der Waals surface area contributed by atoms with Crippen LogP contribution >= 0.6 is 0 Å². The number of rotatable bonds is 7. The lowest BCUT2D eigenvalue weighted by Crippen LogP contribution is -2.49. The Balaban J connectivity index is 2.12. The highest BCUT2D eigenvalue weighted by Gasteiger charge is 2.32. The molecule has 0 aliphatic carbocycles. The third kappa shape index (κ3) is 4.32. The number of aromatic hydroxyl groups is 1. The van der Waals surface area contributed by atoms with Gasteiger partial charge < -0.3 is 19.5 Å². The summed E-state index contributed by atoms with van der Waals surface area (Å²) in [6.07, 6.45) is 0. The number of piperazine rings is 1. The van der Waals surface area contributed by atoms with Crippen molar-refractivity contribution in [1.82, 2.24) is 14.4 Å². The average molecular weight is 402 g/mol. The number of benzene rings is 1. The van der Waals surface area contributed by atoms with Crippen LogP contribution in [0.15, 0.2) is 35.1 Å². The first-order valence-electron chi connectivity index (χ1n) is 10.1. The Morgan fingerprint density at radius 1 is 1.17 bits per heavy atom. The van der Waals surface area contributed by atoms with E-state index in [4.69, 9.17) is 4.74 Å². The Kier molecular flexibility index (Phi) is 6.95. The molecule has 1 saturated heterocycles. The van der Waals surface area contributed by atoms with E-state index in [-0.39, 0.29) is 17.9 Å². The van der Waals surface area contributed by atoms with E-state index >= 15 is 0 Å². The zero-order valence-electron chi connectivity index (χ0n) is 17.5. The molecule has 7 heteroatoms. The van der Waals surface area contributed by atoms with Crippen LogP contribution in [0, 0.1) is 6.92 Å². The van der Waals surface area contributed by atoms with Crippen molar-refractivity contribution in [2.45, 2.75) is 26.4 Å². The van der Waals surface area contributed by atoms with Crippen LogP contribution in [0.25, 0.3) is 0 Å². The number of aromatic nitrogens is 1. The van der Waals surface area contributed by atoms with Gasteiger partial charge in [-0.2, -0.15) is 0 Å². The summed E-state index contributed by atoms with van der Waals surface area (Å²) in [6, 6.07) is 8.93. The molecular formula is C22H31N3O4. The summed E-state index contributed by atoms with van der Waals surface area (Å²) >= 11 is 0. The van der Waals surface area contributed by atoms with Gasteiger partial charge in [-0.1, -0.05) is 18.2 Å². The number of nitrogens with zero attached hydrogens (tertiary/aromatic N) is 3. The smallest absolute Gasteiger partial charge is 0.259 e. The fourth-order valence-electron chi connectivity index (χ4n) is 4.23. The lowest BCUT2D eigenvalue weighted by molar-refractivity contribution is 0.0925. The molecule has 0 spiro atoms. The van der Waals surface area contributed by atoms with Gasteiger partial charge >= 0.3 is 0 Å². The van der Waals surface area contributed by atoms with Crippen LogP contribution in [0.5, 0.6) is 11.5 Å². The van der Waals surface area contributed by atoms with E-state index in [1.165, 1.54) is 0 Å².